The average molecular weight is 395 g/mol. The molecule has 29 heavy (non-hydrogen) atoms. The largest absolute Gasteiger partial charge is 0.457 e. The molecule has 2 aliphatic heterocycles. The number of hydrogen-bond acceptors (Lipinski definition) is 5. The molecule has 0 aromatic heterocycles. The van der Waals surface area contributed by atoms with Gasteiger partial charge in [0.1, 0.15) is 11.5 Å². The van der Waals surface area contributed by atoms with Crippen LogP contribution in [0.5, 0.6) is 11.5 Å². The van der Waals surface area contributed by atoms with Crippen molar-refractivity contribution >= 4 is 12.0 Å². The van der Waals surface area contributed by atoms with Gasteiger partial charge in [0.15, 0.2) is 0 Å². The Hall–Kier alpha value is -3.06. The van der Waals surface area contributed by atoms with Gasteiger partial charge in [0.2, 0.25) is 5.91 Å². The molecule has 0 radical (unpaired) electrons. The number of rotatable bonds is 4. The lowest BCUT2D eigenvalue weighted by Crippen LogP contribution is -2.50. The van der Waals surface area contributed by atoms with Crippen LogP contribution in [0.4, 0.5) is 4.79 Å². The molecule has 2 aromatic carbocycles. The molecule has 2 aromatic rings. The number of para-hydroxylation sites is 2. The van der Waals surface area contributed by atoms with Gasteiger partial charge in [0.25, 0.3) is 0 Å². The minimum Gasteiger partial charge on any atom is -0.457 e. The molecule has 4 rings (SSSR count). The number of carbonyl (C=O) groups is 2. The van der Waals surface area contributed by atoms with E-state index in [1.807, 2.05) is 48.5 Å². The smallest absolute Gasteiger partial charge is 0.409 e. The molecule has 0 saturated carbocycles. The molecule has 0 atom stereocenters. The number of piperazine rings is 1. The molecular formula is C22H25N3O4. The van der Waals surface area contributed by atoms with E-state index < -0.39 is 0 Å². The van der Waals surface area contributed by atoms with Crippen molar-refractivity contribution in [2.75, 3.05) is 46.4 Å². The third-order valence-corrected chi connectivity index (χ3v) is 5.47. The third kappa shape index (κ3) is 4.05. The Balaban J connectivity index is 1.37. The van der Waals surface area contributed by atoms with Crippen LogP contribution >= 0.6 is 0 Å². The first-order chi connectivity index (χ1) is 14.2. The summed E-state index contributed by atoms with van der Waals surface area (Å²) in [6.07, 6.45) is -0.283. The maximum Gasteiger partial charge on any atom is 0.409 e. The second kappa shape index (κ2) is 8.53. The second-order valence-electron chi connectivity index (χ2n) is 7.20. The molecule has 2 heterocycles. The van der Waals surface area contributed by atoms with Gasteiger partial charge in [0, 0.05) is 50.4 Å². The summed E-state index contributed by atoms with van der Waals surface area (Å²) in [5.41, 5.74) is 1.77. The van der Waals surface area contributed by atoms with Crippen LogP contribution in [0.1, 0.15) is 17.0 Å². The van der Waals surface area contributed by atoms with Crippen LogP contribution in [-0.2, 0) is 9.53 Å². The van der Waals surface area contributed by atoms with E-state index in [1.54, 1.807) is 4.90 Å². The lowest BCUT2D eigenvalue weighted by molar-refractivity contribution is -0.121. The number of nitrogens with zero attached hydrogens (tertiary/aromatic N) is 2. The number of amides is 2. The molecule has 2 aliphatic rings. The Morgan fingerprint density at radius 2 is 1.59 bits per heavy atom. The average Bonchev–Trinajstić information content (AvgIpc) is 2.77. The Morgan fingerprint density at radius 3 is 2.17 bits per heavy atom. The van der Waals surface area contributed by atoms with Crippen LogP contribution in [-0.4, -0.2) is 68.2 Å². The van der Waals surface area contributed by atoms with Crippen LogP contribution in [0.25, 0.3) is 0 Å². The molecule has 0 aliphatic carbocycles. The monoisotopic (exact) mass is 395 g/mol. The van der Waals surface area contributed by atoms with Crippen LogP contribution < -0.4 is 10.1 Å². The van der Waals surface area contributed by atoms with Crippen molar-refractivity contribution in [2.45, 2.75) is 5.92 Å². The molecule has 7 heteroatoms. The molecule has 152 valence electrons. The highest BCUT2D eigenvalue weighted by Gasteiger charge is 2.32. The summed E-state index contributed by atoms with van der Waals surface area (Å²) in [6, 6.07) is 15.4. The van der Waals surface area contributed by atoms with Gasteiger partial charge in [-0.05, 0) is 12.1 Å². The number of fused-ring (bicyclic) bond motifs is 2. The van der Waals surface area contributed by atoms with Gasteiger partial charge >= 0.3 is 6.09 Å². The fourth-order valence-corrected chi connectivity index (χ4v) is 3.91. The third-order valence-electron chi connectivity index (χ3n) is 5.47. The van der Waals surface area contributed by atoms with Crippen molar-refractivity contribution in [3.05, 3.63) is 59.7 Å². The summed E-state index contributed by atoms with van der Waals surface area (Å²) in [6.45, 7) is 4.12. The van der Waals surface area contributed by atoms with Gasteiger partial charge in [-0.25, -0.2) is 4.79 Å². The fourth-order valence-electron chi connectivity index (χ4n) is 3.91. The topological polar surface area (TPSA) is 71.1 Å². The molecule has 0 unspecified atom stereocenters. The van der Waals surface area contributed by atoms with Gasteiger partial charge in [-0.2, -0.15) is 0 Å². The highest BCUT2D eigenvalue weighted by molar-refractivity contribution is 5.89. The van der Waals surface area contributed by atoms with E-state index in [0.29, 0.717) is 19.6 Å². The lowest BCUT2D eigenvalue weighted by Gasteiger charge is -2.34. The summed E-state index contributed by atoms with van der Waals surface area (Å²) in [4.78, 5) is 28.6. The van der Waals surface area contributed by atoms with Crippen molar-refractivity contribution < 1.29 is 19.1 Å². The molecule has 2 amide bonds. The van der Waals surface area contributed by atoms with E-state index in [9.17, 15) is 9.59 Å². The summed E-state index contributed by atoms with van der Waals surface area (Å²) in [7, 11) is 1.40. The number of ether oxygens (including phenoxy) is 2. The number of hydrogen-bond donors (Lipinski definition) is 1. The van der Waals surface area contributed by atoms with E-state index >= 15 is 0 Å². The van der Waals surface area contributed by atoms with Crippen LogP contribution in [0.2, 0.25) is 0 Å². The van der Waals surface area contributed by atoms with E-state index in [0.717, 1.165) is 42.3 Å². The van der Waals surface area contributed by atoms with Gasteiger partial charge in [-0.1, -0.05) is 36.4 Å². The van der Waals surface area contributed by atoms with E-state index in [1.165, 1.54) is 7.11 Å². The molecular weight excluding hydrogens is 370 g/mol. The van der Waals surface area contributed by atoms with E-state index in [4.69, 9.17) is 9.47 Å². The van der Waals surface area contributed by atoms with Gasteiger partial charge in [0.05, 0.1) is 13.0 Å². The molecule has 1 saturated heterocycles. The fraction of sp³-hybridized carbons (Fsp3) is 0.364. The molecule has 0 bridgehead atoms. The van der Waals surface area contributed by atoms with Crippen molar-refractivity contribution in [1.82, 2.24) is 15.1 Å². The van der Waals surface area contributed by atoms with Gasteiger partial charge < -0.3 is 19.7 Å². The Labute approximate surface area is 170 Å². The van der Waals surface area contributed by atoms with Crippen molar-refractivity contribution in [3.63, 3.8) is 0 Å². The summed E-state index contributed by atoms with van der Waals surface area (Å²) in [5, 5.41) is 3.09. The number of nitrogens with one attached hydrogen (secondary N) is 1. The zero-order chi connectivity index (χ0) is 20.2. The molecule has 7 nitrogen and oxygen atoms in total. The normalized spacial score (nSPS) is 16.4. The second-order valence-corrected chi connectivity index (χ2v) is 7.20. The summed E-state index contributed by atoms with van der Waals surface area (Å²) >= 11 is 0. The highest BCUT2D eigenvalue weighted by atomic mass is 16.5. The first-order valence-electron chi connectivity index (χ1n) is 9.86. The van der Waals surface area contributed by atoms with Crippen molar-refractivity contribution in [2.24, 2.45) is 0 Å². The van der Waals surface area contributed by atoms with E-state index in [-0.39, 0.29) is 17.9 Å². The van der Waals surface area contributed by atoms with E-state index in [2.05, 4.69) is 10.2 Å². The minimum atomic E-state index is -0.382. The summed E-state index contributed by atoms with van der Waals surface area (Å²) < 4.78 is 10.7. The number of benzene rings is 2. The standard InChI is InChI=1S/C22H25N3O4/c1-28-22(27)25-14-12-24(13-15-25)11-10-23-21(26)20-16-6-2-4-8-18(16)29-19-9-5-3-7-17(19)20/h2-9,20H,10-15H2,1H3,(H,23,26). The summed E-state index contributed by atoms with van der Waals surface area (Å²) in [5.74, 6) is 1.05. The maximum atomic E-state index is 13.1. The first kappa shape index (κ1) is 19.3. The lowest BCUT2D eigenvalue weighted by atomic mass is 9.87. The quantitative estimate of drug-likeness (QED) is 0.861. The maximum absolute atomic E-state index is 13.1. The SMILES string of the molecule is COC(=O)N1CCN(CCNC(=O)C2c3ccccc3Oc3ccccc32)CC1. The highest BCUT2D eigenvalue weighted by Crippen LogP contribution is 2.43. The van der Waals surface area contributed by atoms with Crippen LogP contribution in [0, 0.1) is 0 Å². The zero-order valence-corrected chi connectivity index (χ0v) is 16.5. The van der Waals surface area contributed by atoms with Gasteiger partial charge in [-0.3, -0.25) is 9.69 Å². The number of carbonyl (C=O) groups excluding carboxylic acids is 2. The predicted octanol–water partition coefficient (Wildman–Crippen LogP) is 2.42. The van der Waals surface area contributed by atoms with Crippen molar-refractivity contribution in [3.8, 4) is 11.5 Å². The molecule has 0 spiro atoms. The van der Waals surface area contributed by atoms with Gasteiger partial charge in [-0.15, -0.1) is 0 Å². The Bertz CT molecular complexity index is 848. The first-order valence-corrected chi connectivity index (χ1v) is 9.86. The van der Waals surface area contributed by atoms with Crippen molar-refractivity contribution in [1.29, 1.82) is 0 Å². The minimum absolute atomic E-state index is 0.0265. The number of methoxy groups -OCH3 is 1. The zero-order valence-electron chi connectivity index (χ0n) is 16.5. The Kier molecular flexibility index (Phi) is 5.67. The molecule has 1 fully saturated rings. The van der Waals surface area contributed by atoms with Crippen LogP contribution in [0.15, 0.2) is 48.5 Å². The van der Waals surface area contributed by atoms with Crippen LogP contribution in [0.3, 0.4) is 0 Å². The predicted molar refractivity (Wildman–Crippen MR) is 108 cm³/mol. The molecule has 1 N–H and O–H groups in total. The Morgan fingerprint density at radius 1 is 1.00 bits per heavy atom.